The molecule has 0 aliphatic rings. The zero-order valence-electron chi connectivity index (χ0n) is 15.3. The number of carbonyl (C=O) groups excluding carboxylic acids is 1. The zero-order chi connectivity index (χ0) is 18.4. The number of hydrogen-bond acceptors (Lipinski definition) is 2. The summed E-state index contributed by atoms with van der Waals surface area (Å²) in [4.78, 5) is 13.4. The number of ether oxygens (including phenoxy) is 1. The fourth-order valence-electron chi connectivity index (χ4n) is 2.70. The van der Waals surface area contributed by atoms with Crippen molar-refractivity contribution in [3.8, 4) is 5.75 Å². The third-order valence-electron chi connectivity index (χ3n) is 3.84. The van der Waals surface area contributed by atoms with E-state index in [1.54, 1.807) is 0 Å². The van der Waals surface area contributed by atoms with Crippen LogP contribution in [0.4, 0.5) is 0 Å². The van der Waals surface area contributed by atoms with Crippen LogP contribution >= 0.6 is 11.6 Å². The molecule has 1 amide bonds. The van der Waals surface area contributed by atoms with E-state index >= 15 is 0 Å². The van der Waals surface area contributed by atoms with E-state index in [1.165, 1.54) is 10.5 Å². The predicted octanol–water partition coefficient (Wildman–Crippen LogP) is 2.30. The molecule has 0 fully saturated rings. The normalized spacial score (nSPS) is 10.8. The number of benzene rings is 2. The lowest BCUT2D eigenvalue weighted by molar-refractivity contribution is -0.872. The van der Waals surface area contributed by atoms with E-state index in [4.69, 9.17) is 16.3 Å². The Kier molecular flexibility index (Phi) is 6.85. The predicted molar refractivity (Wildman–Crippen MR) is 101 cm³/mol. The van der Waals surface area contributed by atoms with Crippen LogP contribution in [0.5, 0.6) is 5.75 Å². The third kappa shape index (κ3) is 6.07. The lowest BCUT2D eigenvalue weighted by atomic mass is 10.1. The van der Waals surface area contributed by atoms with Crippen molar-refractivity contribution >= 4 is 17.5 Å². The molecule has 25 heavy (non-hydrogen) atoms. The maximum atomic E-state index is 12.0. The van der Waals surface area contributed by atoms with Crippen molar-refractivity contribution in [2.75, 3.05) is 20.7 Å². The van der Waals surface area contributed by atoms with Gasteiger partial charge >= 0.3 is 0 Å². The highest BCUT2D eigenvalue weighted by Crippen LogP contribution is 2.26. The average molecular weight is 362 g/mol. The molecule has 134 valence electrons. The fourth-order valence-corrected chi connectivity index (χ4v) is 3.03. The average Bonchev–Trinajstić information content (AvgIpc) is 2.52. The summed E-state index contributed by atoms with van der Waals surface area (Å²) in [6, 6.07) is 12.0. The van der Waals surface area contributed by atoms with Gasteiger partial charge in [0.15, 0.2) is 6.61 Å². The highest BCUT2D eigenvalue weighted by Gasteiger charge is 2.09. The summed E-state index contributed by atoms with van der Waals surface area (Å²) in [7, 11) is 4.25. The van der Waals surface area contributed by atoms with E-state index in [2.05, 4.69) is 31.5 Å². The Morgan fingerprint density at radius 2 is 1.64 bits per heavy atom. The van der Waals surface area contributed by atoms with Gasteiger partial charge in [-0.25, -0.2) is 0 Å². The lowest BCUT2D eigenvalue weighted by Crippen LogP contribution is -3.04. The minimum absolute atomic E-state index is 0.00855. The molecule has 0 heterocycles. The van der Waals surface area contributed by atoms with Crippen molar-refractivity contribution in [3.05, 3.63) is 63.7 Å². The fraction of sp³-hybridized carbons (Fsp3) is 0.350. The number of halogens is 1. The van der Waals surface area contributed by atoms with Crippen LogP contribution in [0.15, 0.2) is 36.4 Å². The molecule has 0 aromatic heterocycles. The van der Waals surface area contributed by atoms with Crippen molar-refractivity contribution in [2.24, 2.45) is 0 Å². The van der Waals surface area contributed by atoms with Gasteiger partial charge in [-0.1, -0.05) is 35.9 Å². The van der Waals surface area contributed by atoms with Gasteiger partial charge in [0.2, 0.25) is 0 Å². The van der Waals surface area contributed by atoms with Gasteiger partial charge in [-0.2, -0.15) is 0 Å². The highest BCUT2D eigenvalue weighted by atomic mass is 35.5. The molecular weight excluding hydrogens is 336 g/mol. The van der Waals surface area contributed by atoms with E-state index in [0.717, 1.165) is 29.0 Å². The van der Waals surface area contributed by atoms with Crippen molar-refractivity contribution < 1.29 is 14.4 Å². The van der Waals surface area contributed by atoms with Gasteiger partial charge in [-0.3, -0.25) is 4.79 Å². The summed E-state index contributed by atoms with van der Waals surface area (Å²) in [6.07, 6.45) is 0. The second-order valence-electron chi connectivity index (χ2n) is 6.63. The Labute approximate surface area is 154 Å². The van der Waals surface area contributed by atoms with Crippen molar-refractivity contribution in [2.45, 2.75) is 26.9 Å². The minimum Gasteiger partial charge on any atom is -0.483 e. The molecule has 0 spiro atoms. The summed E-state index contributed by atoms with van der Waals surface area (Å²) >= 11 is 6.01. The molecule has 0 aliphatic carbocycles. The van der Waals surface area contributed by atoms with Crippen LogP contribution in [-0.4, -0.2) is 26.6 Å². The summed E-state index contributed by atoms with van der Waals surface area (Å²) in [5.41, 5.74) is 4.21. The summed E-state index contributed by atoms with van der Waals surface area (Å²) in [6.45, 7) is 5.31. The standard InChI is InChI=1S/C20H25ClN2O2/c1-14-9-18(21)10-15(2)20(14)25-13-19(24)22-11-16-5-7-17(8-6-16)12-23(3)4/h5-10H,11-13H2,1-4H3,(H,22,24)/p+1. The highest BCUT2D eigenvalue weighted by molar-refractivity contribution is 6.30. The van der Waals surface area contributed by atoms with Crippen molar-refractivity contribution in [1.82, 2.24) is 5.32 Å². The minimum atomic E-state index is -0.143. The van der Waals surface area contributed by atoms with Crippen LogP contribution in [0, 0.1) is 13.8 Å². The summed E-state index contributed by atoms with van der Waals surface area (Å²) < 4.78 is 5.66. The molecule has 2 rings (SSSR count). The van der Waals surface area contributed by atoms with Gasteiger partial charge < -0.3 is 15.0 Å². The summed E-state index contributed by atoms with van der Waals surface area (Å²) in [5.74, 6) is 0.575. The van der Waals surface area contributed by atoms with Gasteiger partial charge in [-0.15, -0.1) is 0 Å². The van der Waals surface area contributed by atoms with Crippen LogP contribution in [0.3, 0.4) is 0 Å². The van der Waals surface area contributed by atoms with Gasteiger partial charge in [-0.05, 0) is 42.7 Å². The summed E-state index contributed by atoms with van der Waals surface area (Å²) in [5, 5.41) is 3.56. The van der Waals surface area contributed by atoms with Crippen LogP contribution in [0.1, 0.15) is 22.3 Å². The number of amides is 1. The molecule has 0 atom stereocenters. The Morgan fingerprint density at radius 3 is 2.20 bits per heavy atom. The van der Waals surface area contributed by atoms with Gasteiger partial charge in [0.05, 0.1) is 14.1 Å². The van der Waals surface area contributed by atoms with Gasteiger partial charge in [0, 0.05) is 17.1 Å². The van der Waals surface area contributed by atoms with Crippen LogP contribution in [0.2, 0.25) is 5.02 Å². The zero-order valence-corrected chi connectivity index (χ0v) is 16.0. The van der Waals surface area contributed by atoms with Crippen molar-refractivity contribution in [3.63, 3.8) is 0 Å². The Bertz CT molecular complexity index is 704. The van der Waals surface area contributed by atoms with E-state index < -0.39 is 0 Å². The van der Waals surface area contributed by atoms with Gasteiger partial charge in [0.1, 0.15) is 12.3 Å². The quantitative estimate of drug-likeness (QED) is 0.794. The maximum absolute atomic E-state index is 12.0. The SMILES string of the molecule is Cc1cc(Cl)cc(C)c1OCC(=O)NCc1ccc(C[NH+](C)C)cc1. The number of rotatable bonds is 7. The molecule has 0 aliphatic heterocycles. The molecule has 0 radical (unpaired) electrons. The number of nitrogens with one attached hydrogen (secondary N) is 2. The number of hydrogen-bond donors (Lipinski definition) is 2. The van der Waals surface area contributed by atoms with Crippen LogP contribution in [-0.2, 0) is 17.9 Å². The lowest BCUT2D eigenvalue weighted by Gasteiger charge is -2.13. The first-order valence-corrected chi connectivity index (χ1v) is 8.76. The molecule has 2 N–H and O–H groups in total. The first kappa shape index (κ1) is 19.3. The van der Waals surface area contributed by atoms with Crippen LogP contribution < -0.4 is 15.0 Å². The first-order valence-electron chi connectivity index (χ1n) is 8.38. The Hall–Kier alpha value is -2.04. The third-order valence-corrected chi connectivity index (χ3v) is 4.06. The molecule has 0 saturated heterocycles. The maximum Gasteiger partial charge on any atom is 0.258 e. The monoisotopic (exact) mass is 361 g/mol. The smallest absolute Gasteiger partial charge is 0.258 e. The second-order valence-corrected chi connectivity index (χ2v) is 7.07. The molecule has 2 aromatic carbocycles. The molecule has 4 nitrogen and oxygen atoms in total. The molecule has 0 saturated carbocycles. The van der Waals surface area contributed by atoms with Crippen molar-refractivity contribution in [1.29, 1.82) is 0 Å². The number of carbonyl (C=O) groups is 1. The molecule has 2 aromatic rings. The number of quaternary nitrogens is 1. The van der Waals surface area contributed by atoms with Crippen LogP contribution in [0.25, 0.3) is 0 Å². The Balaban J connectivity index is 1.83. The topological polar surface area (TPSA) is 42.8 Å². The molecule has 5 heteroatoms. The second kappa shape index (κ2) is 8.88. The largest absolute Gasteiger partial charge is 0.483 e. The van der Waals surface area contributed by atoms with E-state index in [0.29, 0.717) is 11.6 Å². The first-order chi connectivity index (χ1) is 11.8. The van der Waals surface area contributed by atoms with E-state index in [9.17, 15) is 4.79 Å². The molecule has 0 unspecified atom stereocenters. The van der Waals surface area contributed by atoms with Gasteiger partial charge in [0.25, 0.3) is 5.91 Å². The van der Waals surface area contributed by atoms with E-state index in [1.807, 2.05) is 38.1 Å². The van der Waals surface area contributed by atoms with E-state index in [-0.39, 0.29) is 12.5 Å². The Morgan fingerprint density at radius 1 is 1.08 bits per heavy atom. The molecule has 0 bridgehead atoms. The number of aryl methyl sites for hydroxylation is 2. The molecular formula is C20H26ClN2O2+.